The molecule has 0 aliphatic rings. The summed E-state index contributed by atoms with van der Waals surface area (Å²) in [5.74, 6) is 1.92. The molecule has 2 rings (SSSR count). The monoisotopic (exact) mass is 308 g/mol. The number of hydrogen-bond donors (Lipinski definition) is 1. The van der Waals surface area contributed by atoms with Gasteiger partial charge in [-0.2, -0.15) is 0 Å². The van der Waals surface area contributed by atoms with E-state index in [0.717, 1.165) is 21.3 Å². The Hall–Kier alpha value is -1.75. The van der Waals surface area contributed by atoms with Gasteiger partial charge in [-0.3, -0.25) is 0 Å². The Morgan fingerprint density at radius 2 is 1.89 bits per heavy atom. The van der Waals surface area contributed by atoms with Crippen LogP contribution in [0.3, 0.4) is 0 Å². The van der Waals surface area contributed by atoms with Crippen molar-refractivity contribution in [3.63, 3.8) is 0 Å². The van der Waals surface area contributed by atoms with Gasteiger partial charge in [0.05, 0.1) is 14.2 Å². The second-order valence-corrected chi connectivity index (χ2v) is 4.43. The normalized spacial score (nSPS) is 10.2. The molecule has 1 aromatic heterocycles. The molecule has 4 nitrogen and oxygen atoms in total. The highest BCUT2D eigenvalue weighted by Crippen LogP contribution is 2.41. The molecule has 0 aliphatic carbocycles. The number of halogens is 1. The number of hydrogen-bond acceptors (Lipinski definition) is 4. The van der Waals surface area contributed by atoms with Crippen LogP contribution in [-0.4, -0.2) is 19.2 Å². The summed E-state index contributed by atoms with van der Waals surface area (Å²) in [5, 5.41) is 0. The molecule has 0 saturated carbocycles. The highest BCUT2D eigenvalue weighted by Gasteiger charge is 2.14. The third-order valence-corrected chi connectivity index (χ3v) is 3.33. The number of methoxy groups -OCH3 is 2. The summed E-state index contributed by atoms with van der Waals surface area (Å²) >= 11 is 3.47. The van der Waals surface area contributed by atoms with Crippen molar-refractivity contribution in [2.75, 3.05) is 20.0 Å². The maximum absolute atomic E-state index is 5.58. The van der Waals surface area contributed by atoms with Gasteiger partial charge >= 0.3 is 0 Å². The van der Waals surface area contributed by atoms with Crippen molar-refractivity contribution in [3.05, 3.63) is 34.9 Å². The lowest BCUT2D eigenvalue weighted by molar-refractivity contribution is 0.390. The minimum Gasteiger partial charge on any atom is -0.495 e. The van der Waals surface area contributed by atoms with Crippen molar-refractivity contribution in [3.8, 4) is 22.6 Å². The van der Waals surface area contributed by atoms with Crippen molar-refractivity contribution in [2.45, 2.75) is 0 Å². The van der Waals surface area contributed by atoms with Crippen LogP contribution in [0.4, 0.5) is 5.82 Å². The second-order valence-electron chi connectivity index (χ2n) is 3.63. The van der Waals surface area contributed by atoms with Gasteiger partial charge in [0.25, 0.3) is 0 Å². The molecular weight excluding hydrogens is 296 g/mol. The molecule has 1 aromatic carbocycles. The zero-order valence-corrected chi connectivity index (χ0v) is 11.7. The lowest BCUT2D eigenvalue weighted by Crippen LogP contribution is -1.94. The number of nitrogens with two attached hydrogens (primary N) is 1. The smallest absolute Gasteiger partial charge is 0.144 e. The zero-order chi connectivity index (χ0) is 13.1. The van der Waals surface area contributed by atoms with E-state index in [1.54, 1.807) is 26.5 Å². The molecule has 2 aromatic rings. The number of benzene rings is 1. The molecule has 0 amide bonds. The Kier molecular flexibility index (Phi) is 3.72. The van der Waals surface area contributed by atoms with Gasteiger partial charge in [0.2, 0.25) is 0 Å². The molecule has 0 spiro atoms. The molecule has 5 heteroatoms. The molecule has 2 N–H and O–H groups in total. The highest BCUT2D eigenvalue weighted by atomic mass is 79.9. The van der Waals surface area contributed by atoms with Crippen LogP contribution in [0.5, 0.6) is 11.5 Å². The second kappa shape index (κ2) is 5.27. The molecule has 0 radical (unpaired) electrons. The Bertz CT molecular complexity index is 556. The van der Waals surface area contributed by atoms with Gasteiger partial charge in [-0.1, -0.05) is 0 Å². The fraction of sp³-hybridized carbons (Fsp3) is 0.154. The zero-order valence-electron chi connectivity index (χ0n) is 10.1. The van der Waals surface area contributed by atoms with Gasteiger partial charge in [0.1, 0.15) is 21.8 Å². The van der Waals surface area contributed by atoms with E-state index in [0.29, 0.717) is 11.6 Å². The Balaban J connectivity index is 2.57. The summed E-state index contributed by atoms with van der Waals surface area (Å²) in [6.07, 6.45) is 1.71. The summed E-state index contributed by atoms with van der Waals surface area (Å²) in [6, 6.07) is 7.46. The highest BCUT2D eigenvalue weighted by molar-refractivity contribution is 9.10. The Labute approximate surface area is 114 Å². The van der Waals surface area contributed by atoms with Crippen LogP contribution in [0.1, 0.15) is 0 Å². The van der Waals surface area contributed by atoms with E-state index < -0.39 is 0 Å². The topological polar surface area (TPSA) is 57.4 Å². The Morgan fingerprint density at radius 1 is 1.11 bits per heavy atom. The van der Waals surface area contributed by atoms with Crippen LogP contribution in [-0.2, 0) is 0 Å². The fourth-order valence-corrected chi connectivity index (χ4v) is 2.36. The Morgan fingerprint density at radius 3 is 2.44 bits per heavy atom. The molecule has 0 fully saturated rings. The van der Waals surface area contributed by atoms with Crippen molar-refractivity contribution >= 4 is 21.7 Å². The summed E-state index contributed by atoms with van der Waals surface area (Å²) < 4.78 is 11.4. The molecule has 0 atom stereocenters. The van der Waals surface area contributed by atoms with Crippen LogP contribution in [0.15, 0.2) is 34.9 Å². The standard InChI is InChI=1S/C13H13BrN2O2/c1-17-10-5-4-9(13(18-2)12(10)14)8-3-6-11(15)16-7-8/h3-7H,1-2H3,(H2,15,16). The number of ether oxygens (including phenoxy) is 2. The molecule has 0 saturated heterocycles. The van der Waals surface area contributed by atoms with Gasteiger partial charge in [0.15, 0.2) is 0 Å². The van der Waals surface area contributed by atoms with Crippen molar-refractivity contribution in [1.29, 1.82) is 0 Å². The first-order valence-corrected chi connectivity index (χ1v) is 6.09. The van der Waals surface area contributed by atoms with Gasteiger partial charge in [0, 0.05) is 17.3 Å². The van der Waals surface area contributed by atoms with E-state index in [1.165, 1.54) is 0 Å². The summed E-state index contributed by atoms with van der Waals surface area (Å²) in [5.41, 5.74) is 7.44. The SMILES string of the molecule is COc1ccc(-c2ccc(N)nc2)c(OC)c1Br. The number of aromatic nitrogens is 1. The van der Waals surface area contributed by atoms with Gasteiger partial charge in [-0.05, 0) is 40.2 Å². The van der Waals surface area contributed by atoms with E-state index in [1.807, 2.05) is 18.2 Å². The molecule has 1 heterocycles. The molecule has 0 aliphatic heterocycles. The van der Waals surface area contributed by atoms with Gasteiger partial charge in [-0.15, -0.1) is 0 Å². The number of pyridine rings is 1. The van der Waals surface area contributed by atoms with E-state index in [2.05, 4.69) is 20.9 Å². The third-order valence-electron chi connectivity index (χ3n) is 2.58. The van der Waals surface area contributed by atoms with Crippen molar-refractivity contribution < 1.29 is 9.47 Å². The average Bonchev–Trinajstić information content (AvgIpc) is 2.39. The van der Waals surface area contributed by atoms with Crippen molar-refractivity contribution in [2.24, 2.45) is 0 Å². The average molecular weight is 309 g/mol. The first-order valence-electron chi connectivity index (χ1n) is 5.29. The maximum atomic E-state index is 5.58. The van der Waals surface area contributed by atoms with Gasteiger partial charge in [-0.25, -0.2) is 4.98 Å². The first kappa shape index (κ1) is 12.7. The van der Waals surface area contributed by atoms with Crippen LogP contribution in [0.25, 0.3) is 11.1 Å². The third kappa shape index (κ3) is 2.26. The van der Waals surface area contributed by atoms with E-state index in [-0.39, 0.29) is 0 Å². The minimum atomic E-state index is 0.491. The summed E-state index contributed by atoms with van der Waals surface area (Å²) in [6.45, 7) is 0. The first-order chi connectivity index (χ1) is 8.67. The predicted molar refractivity (Wildman–Crippen MR) is 74.9 cm³/mol. The lowest BCUT2D eigenvalue weighted by atomic mass is 10.1. The van der Waals surface area contributed by atoms with Crippen LogP contribution in [0.2, 0.25) is 0 Å². The lowest BCUT2D eigenvalue weighted by Gasteiger charge is -2.13. The summed E-state index contributed by atoms with van der Waals surface area (Å²) in [4.78, 5) is 4.08. The predicted octanol–water partition coefficient (Wildman–Crippen LogP) is 3.11. The molecule has 0 unspecified atom stereocenters. The summed E-state index contributed by atoms with van der Waals surface area (Å²) in [7, 11) is 3.23. The fourth-order valence-electron chi connectivity index (χ4n) is 1.69. The van der Waals surface area contributed by atoms with E-state index in [4.69, 9.17) is 15.2 Å². The number of anilines is 1. The molecular formula is C13H13BrN2O2. The van der Waals surface area contributed by atoms with Crippen molar-refractivity contribution in [1.82, 2.24) is 4.98 Å². The molecule has 18 heavy (non-hydrogen) atoms. The number of rotatable bonds is 3. The molecule has 94 valence electrons. The molecule has 0 bridgehead atoms. The minimum absolute atomic E-state index is 0.491. The van der Waals surface area contributed by atoms with Crippen LogP contribution >= 0.6 is 15.9 Å². The van der Waals surface area contributed by atoms with E-state index in [9.17, 15) is 0 Å². The number of nitrogens with zero attached hydrogens (tertiary/aromatic N) is 1. The van der Waals surface area contributed by atoms with E-state index >= 15 is 0 Å². The van der Waals surface area contributed by atoms with Gasteiger partial charge < -0.3 is 15.2 Å². The largest absolute Gasteiger partial charge is 0.495 e. The van der Waals surface area contributed by atoms with Crippen LogP contribution in [0, 0.1) is 0 Å². The quantitative estimate of drug-likeness (QED) is 0.946. The maximum Gasteiger partial charge on any atom is 0.144 e. The number of nitrogen functional groups attached to an aromatic ring is 1. The van der Waals surface area contributed by atoms with Crippen LogP contribution < -0.4 is 15.2 Å².